The second-order valence-corrected chi connectivity index (χ2v) is 7.71. The SMILES string of the molecule is Cc1nccn1-c1cccc([C@H]2CCCN(S(C)(=O)=O)C2)n1. The minimum absolute atomic E-state index is 0.146. The first-order valence-electron chi connectivity index (χ1n) is 7.37. The number of aromatic nitrogens is 3. The Kier molecular flexibility index (Phi) is 4.01. The average molecular weight is 320 g/mol. The van der Waals surface area contributed by atoms with Gasteiger partial charge in [-0.15, -0.1) is 0 Å². The topological polar surface area (TPSA) is 68.1 Å². The second-order valence-electron chi connectivity index (χ2n) is 5.73. The van der Waals surface area contributed by atoms with Crippen LogP contribution in [0.2, 0.25) is 0 Å². The predicted molar refractivity (Wildman–Crippen MR) is 84.5 cm³/mol. The predicted octanol–water partition coefficient (Wildman–Crippen LogP) is 1.71. The summed E-state index contributed by atoms with van der Waals surface area (Å²) < 4.78 is 27.0. The number of hydrogen-bond acceptors (Lipinski definition) is 4. The molecular weight excluding hydrogens is 300 g/mol. The van der Waals surface area contributed by atoms with E-state index in [9.17, 15) is 8.42 Å². The van der Waals surface area contributed by atoms with Crippen LogP contribution in [0.4, 0.5) is 0 Å². The van der Waals surface area contributed by atoms with Gasteiger partial charge in [0, 0.05) is 37.1 Å². The molecule has 0 radical (unpaired) electrons. The van der Waals surface area contributed by atoms with Crippen LogP contribution in [-0.2, 0) is 10.0 Å². The molecule has 1 aliphatic heterocycles. The van der Waals surface area contributed by atoms with Gasteiger partial charge >= 0.3 is 0 Å². The Labute approximate surface area is 130 Å². The molecule has 22 heavy (non-hydrogen) atoms. The molecule has 6 nitrogen and oxygen atoms in total. The molecule has 0 bridgehead atoms. The Hall–Kier alpha value is -1.73. The van der Waals surface area contributed by atoms with E-state index in [0.717, 1.165) is 30.2 Å². The lowest BCUT2D eigenvalue weighted by Gasteiger charge is -2.30. The van der Waals surface area contributed by atoms with Crippen LogP contribution < -0.4 is 0 Å². The van der Waals surface area contributed by atoms with Crippen molar-refractivity contribution < 1.29 is 8.42 Å². The molecule has 0 saturated carbocycles. The highest BCUT2D eigenvalue weighted by atomic mass is 32.2. The average Bonchev–Trinajstić information content (AvgIpc) is 2.93. The standard InChI is InChI=1S/C15H20N4O2S/c1-12-16-8-10-19(12)15-7-3-6-14(17-15)13-5-4-9-18(11-13)22(2,20)21/h3,6-8,10,13H,4-5,9,11H2,1-2H3/t13-/m0/s1. The fourth-order valence-corrected chi connectivity index (χ4v) is 3.82. The highest BCUT2D eigenvalue weighted by molar-refractivity contribution is 7.88. The number of sulfonamides is 1. The van der Waals surface area contributed by atoms with E-state index in [4.69, 9.17) is 4.98 Å². The summed E-state index contributed by atoms with van der Waals surface area (Å²) in [6, 6.07) is 5.89. The van der Waals surface area contributed by atoms with Crippen LogP contribution >= 0.6 is 0 Å². The molecule has 2 aromatic heterocycles. The first-order valence-corrected chi connectivity index (χ1v) is 9.22. The van der Waals surface area contributed by atoms with Crippen LogP contribution in [0.1, 0.15) is 30.3 Å². The zero-order valence-corrected chi connectivity index (χ0v) is 13.6. The van der Waals surface area contributed by atoms with Crippen LogP contribution in [0.3, 0.4) is 0 Å². The molecule has 0 N–H and O–H groups in total. The summed E-state index contributed by atoms with van der Waals surface area (Å²) in [4.78, 5) is 8.93. The molecule has 0 amide bonds. The maximum atomic E-state index is 11.8. The lowest BCUT2D eigenvalue weighted by molar-refractivity contribution is 0.314. The Bertz CT molecular complexity index is 769. The molecule has 0 aromatic carbocycles. The first kappa shape index (κ1) is 15.2. The van der Waals surface area contributed by atoms with Gasteiger partial charge in [-0.1, -0.05) is 6.07 Å². The molecule has 0 aliphatic carbocycles. The summed E-state index contributed by atoms with van der Waals surface area (Å²) in [5.41, 5.74) is 0.943. The Balaban J connectivity index is 1.88. The van der Waals surface area contributed by atoms with Gasteiger partial charge in [0.25, 0.3) is 0 Å². The number of aryl methyl sites for hydroxylation is 1. The van der Waals surface area contributed by atoms with E-state index >= 15 is 0 Å². The van der Waals surface area contributed by atoms with E-state index in [1.54, 1.807) is 10.5 Å². The van der Waals surface area contributed by atoms with E-state index < -0.39 is 10.0 Å². The van der Waals surface area contributed by atoms with E-state index in [0.29, 0.717) is 13.1 Å². The van der Waals surface area contributed by atoms with Crippen LogP contribution in [0.25, 0.3) is 5.82 Å². The number of imidazole rings is 1. The highest BCUT2D eigenvalue weighted by Crippen LogP contribution is 2.27. The van der Waals surface area contributed by atoms with Crippen molar-refractivity contribution in [1.82, 2.24) is 18.8 Å². The van der Waals surface area contributed by atoms with Gasteiger partial charge in [-0.3, -0.25) is 4.57 Å². The summed E-state index contributed by atoms with van der Waals surface area (Å²) in [6.07, 6.45) is 6.73. The molecule has 2 aromatic rings. The van der Waals surface area contributed by atoms with Crippen molar-refractivity contribution in [3.05, 3.63) is 42.1 Å². The quantitative estimate of drug-likeness (QED) is 0.863. The summed E-state index contributed by atoms with van der Waals surface area (Å²) in [5.74, 6) is 1.85. The van der Waals surface area contributed by atoms with Crippen LogP contribution in [0, 0.1) is 6.92 Å². The molecule has 1 fully saturated rings. The van der Waals surface area contributed by atoms with Gasteiger partial charge < -0.3 is 0 Å². The number of rotatable bonds is 3. The molecule has 1 saturated heterocycles. The van der Waals surface area contributed by atoms with Gasteiger partial charge in [0.2, 0.25) is 10.0 Å². The first-order chi connectivity index (χ1) is 10.4. The molecule has 0 unspecified atom stereocenters. The van der Waals surface area contributed by atoms with Crippen molar-refractivity contribution in [1.29, 1.82) is 0 Å². The molecular formula is C15H20N4O2S. The zero-order valence-electron chi connectivity index (χ0n) is 12.8. The molecule has 1 atom stereocenters. The van der Waals surface area contributed by atoms with Crippen molar-refractivity contribution in [3.8, 4) is 5.82 Å². The number of piperidine rings is 1. The fraction of sp³-hybridized carbons (Fsp3) is 0.467. The summed E-state index contributed by atoms with van der Waals surface area (Å²) in [6.45, 7) is 3.05. The third-order valence-electron chi connectivity index (χ3n) is 4.10. The maximum Gasteiger partial charge on any atom is 0.211 e. The number of pyridine rings is 1. The smallest absolute Gasteiger partial charge is 0.211 e. The summed E-state index contributed by atoms with van der Waals surface area (Å²) >= 11 is 0. The molecule has 118 valence electrons. The van der Waals surface area contributed by atoms with Gasteiger partial charge in [-0.25, -0.2) is 22.7 Å². The van der Waals surface area contributed by atoms with Crippen molar-refractivity contribution in [2.75, 3.05) is 19.3 Å². The largest absolute Gasteiger partial charge is 0.288 e. The van der Waals surface area contributed by atoms with Crippen LogP contribution in [0.15, 0.2) is 30.6 Å². The highest BCUT2D eigenvalue weighted by Gasteiger charge is 2.27. The van der Waals surface area contributed by atoms with Crippen molar-refractivity contribution >= 4 is 10.0 Å². The van der Waals surface area contributed by atoms with Gasteiger partial charge in [0.05, 0.1) is 6.26 Å². The van der Waals surface area contributed by atoms with Crippen LogP contribution in [0.5, 0.6) is 0 Å². The van der Waals surface area contributed by atoms with Gasteiger partial charge in [0.1, 0.15) is 11.6 Å². The van der Waals surface area contributed by atoms with Crippen LogP contribution in [-0.4, -0.2) is 46.6 Å². The van der Waals surface area contributed by atoms with E-state index in [2.05, 4.69) is 4.98 Å². The van der Waals surface area contributed by atoms with Gasteiger partial charge in [-0.05, 0) is 31.9 Å². The minimum atomic E-state index is -3.14. The lowest BCUT2D eigenvalue weighted by Crippen LogP contribution is -2.38. The van der Waals surface area contributed by atoms with Crippen molar-refractivity contribution in [3.63, 3.8) is 0 Å². The number of nitrogens with zero attached hydrogens (tertiary/aromatic N) is 4. The molecule has 7 heteroatoms. The summed E-state index contributed by atoms with van der Waals surface area (Å²) in [5, 5.41) is 0. The lowest BCUT2D eigenvalue weighted by atomic mass is 9.95. The van der Waals surface area contributed by atoms with Gasteiger partial charge in [-0.2, -0.15) is 0 Å². The van der Waals surface area contributed by atoms with E-state index in [1.165, 1.54) is 6.26 Å². The monoisotopic (exact) mass is 320 g/mol. The Morgan fingerprint density at radius 1 is 1.32 bits per heavy atom. The molecule has 1 aliphatic rings. The second kappa shape index (κ2) is 5.81. The fourth-order valence-electron chi connectivity index (χ4n) is 2.91. The van der Waals surface area contributed by atoms with Crippen molar-refractivity contribution in [2.24, 2.45) is 0 Å². The molecule has 3 rings (SSSR count). The normalized spacial score (nSPS) is 20.2. The molecule has 0 spiro atoms. The van der Waals surface area contributed by atoms with E-state index in [1.807, 2.05) is 35.9 Å². The molecule has 3 heterocycles. The minimum Gasteiger partial charge on any atom is -0.288 e. The zero-order chi connectivity index (χ0) is 15.7. The number of hydrogen-bond donors (Lipinski definition) is 0. The Morgan fingerprint density at radius 3 is 2.82 bits per heavy atom. The van der Waals surface area contributed by atoms with Gasteiger partial charge in [0.15, 0.2) is 0 Å². The third kappa shape index (κ3) is 3.05. The Morgan fingerprint density at radius 2 is 2.14 bits per heavy atom. The maximum absolute atomic E-state index is 11.8. The van der Waals surface area contributed by atoms with Crippen molar-refractivity contribution in [2.45, 2.75) is 25.7 Å². The third-order valence-corrected chi connectivity index (χ3v) is 5.37. The van der Waals surface area contributed by atoms with E-state index in [-0.39, 0.29) is 5.92 Å². The summed E-state index contributed by atoms with van der Waals surface area (Å²) in [7, 11) is -3.14.